The quantitative estimate of drug-likeness (QED) is 0.489. The summed E-state index contributed by atoms with van der Waals surface area (Å²) in [5, 5.41) is 4.90. The van der Waals surface area contributed by atoms with Crippen LogP contribution in [-0.2, 0) is 0 Å². The van der Waals surface area contributed by atoms with Crippen LogP contribution in [0.2, 0.25) is 0 Å². The van der Waals surface area contributed by atoms with E-state index in [1.165, 1.54) is 25.7 Å². The van der Waals surface area contributed by atoms with Crippen molar-refractivity contribution in [2.24, 2.45) is 11.8 Å². The molecule has 1 aromatic carbocycles. The number of nitrogens with zero attached hydrogens (tertiary/aromatic N) is 3. The number of hydrogen-bond donors (Lipinski definition) is 0. The fraction of sp³-hybridized carbons (Fsp3) is 0.480. The normalized spacial score (nSPS) is 15.9. The summed E-state index contributed by atoms with van der Waals surface area (Å²) in [6, 6.07) is 10.3. The lowest BCUT2D eigenvalue weighted by Gasteiger charge is -2.24. The molecular weight excluding hydrogens is 390 g/mol. The summed E-state index contributed by atoms with van der Waals surface area (Å²) in [6.07, 6.45) is 5.30. The van der Waals surface area contributed by atoms with Crippen LogP contribution in [0.25, 0.3) is 16.8 Å². The third-order valence-electron chi connectivity index (χ3n) is 6.37. The highest BCUT2D eigenvalue weighted by atomic mass is 16.5. The molecule has 6 nitrogen and oxygen atoms in total. The fourth-order valence-electron chi connectivity index (χ4n) is 4.44. The van der Waals surface area contributed by atoms with Gasteiger partial charge in [-0.25, -0.2) is 4.52 Å². The molecule has 164 valence electrons. The van der Waals surface area contributed by atoms with Gasteiger partial charge in [0.15, 0.2) is 0 Å². The Balaban J connectivity index is 1.69. The van der Waals surface area contributed by atoms with Gasteiger partial charge in [0.05, 0.1) is 38.1 Å². The van der Waals surface area contributed by atoms with Gasteiger partial charge in [0, 0.05) is 13.1 Å². The molecule has 2 aliphatic carbocycles. The number of fused-ring (bicyclic) bond motifs is 1. The van der Waals surface area contributed by atoms with Crippen LogP contribution >= 0.6 is 0 Å². The number of aromatic nitrogens is 2. The number of rotatable bonds is 9. The Kier molecular flexibility index (Phi) is 5.16. The van der Waals surface area contributed by atoms with Crippen molar-refractivity contribution in [1.29, 1.82) is 0 Å². The van der Waals surface area contributed by atoms with Crippen LogP contribution in [0.5, 0.6) is 17.4 Å². The largest absolute Gasteiger partial charge is 0.496 e. The first kappa shape index (κ1) is 20.0. The molecule has 6 heteroatoms. The number of aryl methyl sites for hydroxylation is 1. The molecule has 31 heavy (non-hydrogen) atoms. The minimum atomic E-state index is 0.679. The van der Waals surface area contributed by atoms with Crippen LogP contribution in [-0.4, -0.2) is 44.0 Å². The number of benzene rings is 1. The lowest BCUT2D eigenvalue weighted by atomic mass is 10.1. The van der Waals surface area contributed by atoms with Gasteiger partial charge in [-0.05, 0) is 74.3 Å². The maximum Gasteiger partial charge on any atom is 0.257 e. The first-order valence-corrected chi connectivity index (χ1v) is 11.2. The average molecular weight is 422 g/mol. The van der Waals surface area contributed by atoms with Crippen molar-refractivity contribution < 1.29 is 14.2 Å². The van der Waals surface area contributed by atoms with E-state index in [-0.39, 0.29) is 0 Å². The molecule has 0 atom stereocenters. The average Bonchev–Trinajstić information content (AvgIpc) is 3.71. The Morgan fingerprint density at radius 2 is 1.55 bits per heavy atom. The molecule has 2 saturated carbocycles. The van der Waals surface area contributed by atoms with Crippen LogP contribution < -0.4 is 19.1 Å². The van der Waals surface area contributed by atoms with Gasteiger partial charge in [-0.2, -0.15) is 0 Å². The smallest absolute Gasteiger partial charge is 0.257 e. The van der Waals surface area contributed by atoms with Crippen molar-refractivity contribution >= 4 is 11.2 Å². The van der Waals surface area contributed by atoms with Gasteiger partial charge < -0.3 is 19.1 Å². The number of hydrogen-bond acceptors (Lipinski definition) is 5. The summed E-state index contributed by atoms with van der Waals surface area (Å²) >= 11 is 0. The van der Waals surface area contributed by atoms with Crippen molar-refractivity contribution in [2.75, 3.05) is 39.3 Å². The Morgan fingerprint density at radius 1 is 0.935 bits per heavy atom. The molecule has 5 rings (SSSR count). The Bertz CT molecular complexity index is 1060. The van der Waals surface area contributed by atoms with Crippen molar-refractivity contribution in [1.82, 2.24) is 9.61 Å². The van der Waals surface area contributed by atoms with Crippen LogP contribution in [0.3, 0.4) is 0 Å². The van der Waals surface area contributed by atoms with Gasteiger partial charge >= 0.3 is 0 Å². The highest BCUT2D eigenvalue weighted by Gasteiger charge is 2.33. The molecule has 2 fully saturated rings. The minimum absolute atomic E-state index is 0.679. The zero-order valence-corrected chi connectivity index (χ0v) is 18.9. The van der Waals surface area contributed by atoms with E-state index in [9.17, 15) is 0 Å². The van der Waals surface area contributed by atoms with Gasteiger partial charge in [-0.3, -0.25) is 0 Å². The van der Waals surface area contributed by atoms with Gasteiger partial charge in [0.25, 0.3) is 5.88 Å². The lowest BCUT2D eigenvalue weighted by molar-refractivity contribution is 0.392. The third-order valence-corrected chi connectivity index (χ3v) is 6.37. The second-order valence-corrected chi connectivity index (χ2v) is 8.90. The first-order valence-electron chi connectivity index (χ1n) is 11.2. The number of anilines is 1. The van der Waals surface area contributed by atoms with E-state index in [0.717, 1.165) is 64.4 Å². The maximum atomic E-state index is 5.80. The summed E-state index contributed by atoms with van der Waals surface area (Å²) in [5.74, 6) is 3.80. The monoisotopic (exact) mass is 421 g/mol. The van der Waals surface area contributed by atoms with Gasteiger partial charge in [-0.15, -0.1) is 5.10 Å². The van der Waals surface area contributed by atoms with Crippen LogP contribution in [0.1, 0.15) is 31.2 Å². The molecular formula is C25H31N3O3. The van der Waals surface area contributed by atoms with Crippen LogP contribution in [0.4, 0.5) is 5.69 Å². The number of methoxy groups -OCH3 is 3. The second-order valence-electron chi connectivity index (χ2n) is 8.90. The van der Waals surface area contributed by atoms with E-state index in [4.69, 9.17) is 19.3 Å². The number of pyridine rings is 1. The Morgan fingerprint density at radius 3 is 2.06 bits per heavy atom. The Hall–Kier alpha value is -2.89. The van der Waals surface area contributed by atoms with Crippen LogP contribution in [0, 0.1) is 18.8 Å². The summed E-state index contributed by atoms with van der Waals surface area (Å²) < 4.78 is 19.3. The maximum absolute atomic E-state index is 5.80. The van der Waals surface area contributed by atoms with Crippen molar-refractivity contribution in [2.45, 2.75) is 32.6 Å². The van der Waals surface area contributed by atoms with E-state index >= 15 is 0 Å². The molecule has 0 amide bonds. The minimum Gasteiger partial charge on any atom is -0.496 e. The van der Waals surface area contributed by atoms with Crippen LogP contribution in [0.15, 0.2) is 30.3 Å². The van der Waals surface area contributed by atoms with Crippen molar-refractivity contribution in [3.05, 3.63) is 35.9 Å². The highest BCUT2D eigenvalue weighted by molar-refractivity contribution is 5.84. The zero-order chi connectivity index (χ0) is 21.5. The summed E-state index contributed by atoms with van der Waals surface area (Å²) in [7, 11) is 5.10. The van der Waals surface area contributed by atoms with E-state index < -0.39 is 0 Å². The molecule has 0 bridgehead atoms. The first-order chi connectivity index (χ1) is 15.1. The summed E-state index contributed by atoms with van der Waals surface area (Å²) in [4.78, 5) is 2.52. The molecule has 0 aliphatic heterocycles. The number of ether oxygens (including phenoxy) is 3. The molecule has 2 aromatic heterocycles. The molecule has 3 aromatic rings. The van der Waals surface area contributed by atoms with E-state index in [1.54, 1.807) is 21.3 Å². The zero-order valence-electron chi connectivity index (χ0n) is 18.9. The molecule has 0 saturated heterocycles. The highest BCUT2D eigenvalue weighted by Crippen LogP contribution is 2.44. The lowest BCUT2D eigenvalue weighted by Crippen LogP contribution is -2.28. The molecule has 2 heterocycles. The fourth-order valence-corrected chi connectivity index (χ4v) is 4.44. The Labute approximate surface area is 183 Å². The van der Waals surface area contributed by atoms with Crippen molar-refractivity contribution in [3.8, 4) is 28.6 Å². The van der Waals surface area contributed by atoms with E-state index in [1.807, 2.05) is 23.6 Å². The van der Waals surface area contributed by atoms with Gasteiger partial charge in [0.1, 0.15) is 17.2 Å². The molecule has 2 aliphatic rings. The summed E-state index contributed by atoms with van der Waals surface area (Å²) in [6.45, 7) is 4.20. The van der Waals surface area contributed by atoms with E-state index in [2.05, 4.69) is 23.1 Å². The molecule has 0 unspecified atom stereocenters. The topological polar surface area (TPSA) is 48.2 Å². The van der Waals surface area contributed by atoms with E-state index in [0.29, 0.717) is 5.88 Å². The van der Waals surface area contributed by atoms with Gasteiger partial charge in [-0.1, -0.05) is 6.07 Å². The molecule has 0 spiro atoms. The predicted octanol–water partition coefficient (Wildman–Crippen LogP) is 4.96. The van der Waals surface area contributed by atoms with Crippen molar-refractivity contribution in [3.63, 3.8) is 0 Å². The standard InChI is InChI=1S/C25H31N3O3/c1-16-12-21(29-2)23(22(13-16)30-3)19-6-5-7-20-24(25(31-4)26-28(19)20)27(14-17-8-9-17)15-18-10-11-18/h5-7,12-13,17-18H,8-11,14-15H2,1-4H3. The third kappa shape index (κ3) is 3.80. The molecule has 0 radical (unpaired) electrons. The molecule has 0 N–H and O–H groups in total. The summed E-state index contributed by atoms with van der Waals surface area (Å²) in [5.41, 5.74) is 5.07. The second kappa shape index (κ2) is 7.98. The SMILES string of the molecule is COc1cc(C)cc(OC)c1-c1cccc2c(N(CC3CC3)CC3CC3)c(OC)nn12. The van der Waals surface area contributed by atoms with Gasteiger partial charge in [0.2, 0.25) is 0 Å². The predicted molar refractivity (Wildman–Crippen MR) is 123 cm³/mol.